The highest BCUT2D eigenvalue weighted by atomic mass is 16.2. The van der Waals surface area contributed by atoms with Crippen LogP contribution in [-0.4, -0.2) is 49.6 Å². The third-order valence-corrected chi connectivity index (χ3v) is 6.18. The molecular weight excluding hydrogens is 346 g/mol. The summed E-state index contributed by atoms with van der Waals surface area (Å²) in [5, 5.41) is 3.78. The summed E-state index contributed by atoms with van der Waals surface area (Å²) in [6.07, 6.45) is 3.35. The number of benzene rings is 2. The van der Waals surface area contributed by atoms with Crippen molar-refractivity contribution in [2.24, 2.45) is 5.92 Å². The van der Waals surface area contributed by atoms with E-state index in [9.17, 15) is 4.79 Å². The normalized spacial score (nSPS) is 20.5. The quantitative estimate of drug-likeness (QED) is 0.863. The van der Waals surface area contributed by atoms with Crippen molar-refractivity contribution in [1.29, 1.82) is 0 Å². The van der Waals surface area contributed by atoms with Crippen molar-refractivity contribution in [2.75, 3.05) is 37.6 Å². The van der Waals surface area contributed by atoms with Crippen molar-refractivity contribution in [3.63, 3.8) is 0 Å². The first-order valence-electron chi connectivity index (χ1n) is 10.6. The number of hydrogen-bond acceptors (Lipinski definition) is 3. The van der Waals surface area contributed by atoms with Crippen LogP contribution in [0.25, 0.3) is 0 Å². The van der Waals surface area contributed by atoms with Crippen LogP contribution in [0.15, 0.2) is 54.6 Å². The second-order valence-electron chi connectivity index (χ2n) is 8.28. The van der Waals surface area contributed by atoms with Gasteiger partial charge in [-0.05, 0) is 62.9 Å². The molecule has 2 aliphatic rings. The molecule has 4 rings (SSSR count). The van der Waals surface area contributed by atoms with Crippen LogP contribution in [0.5, 0.6) is 0 Å². The molecule has 4 nitrogen and oxygen atoms in total. The van der Waals surface area contributed by atoms with Crippen LogP contribution in [-0.2, 0) is 0 Å². The van der Waals surface area contributed by atoms with E-state index in [1.54, 1.807) is 0 Å². The standard InChI is InChI=1S/C24H31N3O/c1-19-7-9-23(10-8-19)27-14-11-20(18-27)17-25-22-12-15-26(16-13-22)24(28)21-5-3-2-4-6-21/h2-10,20,22,25H,11-18H2,1H3. The summed E-state index contributed by atoms with van der Waals surface area (Å²) >= 11 is 0. The lowest BCUT2D eigenvalue weighted by Crippen LogP contribution is -2.46. The molecule has 0 aromatic heterocycles. The molecule has 1 N–H and O–H groups in total. The zero-order valence-electron chi connectivity index (χ0n) is 16.8. The Balaban J connectivity index is 1.20. The Hall–Kier alpha value is -2.33. The van der Waals surface area contributed by atoms with Crippen LogP contribution < -0.4 is 10.2 Å². The Labute approximate surface area is 168 Å². The molecule has 2 aliphatic heterocycles. The largest absolute Gasteiger partial charge is 0.371 e. The van der Waals surface area contributed by atoms with Gasteiger partial charge in [-0.1, -0.05) is 35.9 Å². The highest BCUT2D eigenvalue weighted by Gasteiger charge is 2.26. The van der Waals surface area contributed by atoms with Gasteiger partial charge in [-0.2, -0.15) is 0 Å². The maximum Gasteiger partial charge on any atom is 0.253 e. The Morgan fingerprint density at radius 3 is 2.39 bits per heavy atom. The first kappa shape index (κ1) is 19.0. The van der Waals surface area contributed by atoms with Gasteiger partial charge in [-0.25, -0.2) is 0 Å². The van der Waals surface area contributed by atoms with Gasteiger partial charge < -0.3 is 15.1 Å². The van der Waals surface area contributed by atoms with Gasteiger partial charge in [0.1, 0.15) is 0 Å². The van der Waals surface area contributed by atoms with Crippen LogP contribution in [0.1, 0.15) is 35.2 Å². The fourth-order valence-electron chi connectivity index (χ4n) is 4.37. The molecule has 0 spiro atoms. The number of carbonyl (C=O) groups is 1. The van der Waals surface area contributed by atoms with Crippen LogP contribution in [0.2, 0.25) is 0 Å². The van der Waals surface area contributed by atoms with Crippen molar-refractivity contribution in [2.45, 2.75) is 32.2 Å². The topological polar surface area (TPSA) is 35.6 Å². The number of carbonyl (C=O) groups excluding carboxylic acids is 1. The lowest BCUT2D eigenvalue weighted by molar-refractivity contribution is 0.0704. The summed E-state index contributed by atoms with van der Waals surface area (Å²) in [6.45, 7) is 7.22. The van der Waals surface area contributed by atoms with E-state index < -0.39 is 0 Å². The minimum absolute atomic E-state index is 0.170. The van der Waals surface area contributed by atoms with Gasteiger partial charge in [0.15, 0.2) is 0 Å². The molecule has 2 saturated heterocycles. The fraction of sp³-hybridized carbons (Fsp3) is 0.458. The van der Waals surface area contributed by atoms with Gasteiger partial charge in [0.25, 0.3) is 5.91 Å². The zero-order chi connectivity index (χ0) is 19.3. The van der Waals surface area contributed by atoms with Crippen LogP contribution >= 0.6 is 0 Å². The van der Waals surface area contributed by atoms with Crippen molar-refractivity contribution >= 4 is 11.6 Å². The van der Waals surface area contributed by atoms with Gasteiger partial charge in [0.2, 0.25) is 0 Å². The summed E-state index contributed by atoms with van der Waals surface area (Å²) in [5.74, 6) is 0.883. The number of anilines is 1. The van der Waals surface area contributed by atoms with Crippen molar-refractivity contribution < 1.29 is 4.79 Å². The zero-order valence-corrected chi connectivity index (χ0v) is 16.8. The second-order valence-corrected chi connectivity index (χ2v) is 8.28. The van der Waals surface area contributed by atoms with E-state index >= 15 is 0 Å². The van der Waals surface area contributed by atoms with E-state index in [4.69, 9.17) is 0 Å². The van der Waals surface area contributed by atoms with Crippen molar-refractivity contribution in [3.8, 4) is 0 Å². The van der Waals surface area contributed by atoms with Crippen molar-refractivity contribution in [1.82, 2.24) is 10.2 Å². The average Bonchev–Trinajstić information content (AvgIpc) is 3.22. The number of piperidine rings is 1. The molecule has 28 heavy (non-hydrogen) atoms. The predicted octanol–water partition coefficient (Wildman–Crippen LogP) is 3.72. The Bertz CT molecular complexity index is 766. The molecule has 1 atom stereocenters. The van der Waals surface area contributed by atoms with Crippen LogP contribution in [0.3, 0.4) is 0 Å². The summed E-state index contributed by atoms with van der Waals surface area (Å²) in [4.78, 5) is 17.1. The van der Waals surface area contributed by atoms with Gasteiger partial charge in [-0.3, -0.25) is 4.79 Å². The minimum atomic E-state index is 0.170. The van der Waals surface area contributed by atoms with E-state index in [1.165, 1.54) is 17.7 Å². The number of rotatable bonds is 5. The second kappa shape index (κ2) is 8.78. The number of hydrogen-bond donors (Lipinski definition) is 1. The number of likely N-dealkylation sites (tertiary alicyclic amines) is 1. The third-order valence-electron chi connectivity index (χ3n) is 6.18. The molecule has 0 aliphatic carbocycles. The maximum absolute atomic E-state index is 12.6. The smallest absolute Gasteiger partial charge is 0.253 e. The first-order chi connectivity index (χ1) is 13.7. The molecule has 2 aromatic rings. The lowest BCUT2D eigenvalue weighted by atomic mass is 10.0. The molecule has 4 heteroatoms. The Kier molecular flexibility index (Phi) is 5.96. The van der Waals surface area contributed by atoms with Gasteiger partial charge in [-0.15, -0.1) is 0 Å². The highest BCUT2D eigenvalue weighted by Crippen LogP contribution is 2.24. The first-order valence-corrected chi connectivity index (χ1v) is 10.6. The highest BCUT2D eigenvalue weighted by molar-refractivity contribution is 5.94. The summed E-state index contributed by atoms with van der Waals surface area (Å²) in [6, 6.07) is 19.1. The number of aryl methyl sites for hydroxylation is 1. The predicted molar refractivity (Wildman–Crippen MR) is 115 cm³/mol. The number of nitrogens with one attached hydrogen (secondary N) is 1. The molecule has 0 radical (unpaired) electrons. The molecule has 0 saturated carbocycles. The van der Waals surface area contributed by atoms with E-state index in [0.717, 1.165) is 51.1 Å². The Morgan fingerprint density at radius 1 is 0.964 bits per heavy atom. The maximum atomic E-state index is 12.6. The monoisotopic (exact) mass is 377 g/mol. The summed E-state index contributed by atoms with van der Waals surface area (Å²) in [5.41, 5.74) is 3.47. The van der Waals surface area contributed by atoms with Gasteiger partial charge in [0.05, 0.1) is 0 Å². The number of amides is 1. The summed E-state index contributed by atoms with van der Waals surface area (Å²) < 4.78 is 0. The lowest BCUT2D eigenvalue weighted by Gasteiger charge is -2.33. The Morgan fingerprint density at radius 2 is 1.68 bits per heavy atom. The van der Waals surface area contributed by atoms with Crippen molar-refractivity contribution in [3.05, 3.63) is 65.7 Å². The molecule has 1 amide bonds. The molecule has 148 valence electrons. The van der Waals surface area contributed by atoms with E-state index in [0.29, 0.717) is 12.0 Å². The molecule has 2 heterocycles. The fourth-order valence-corrected chi connectivity index (χ4v) is 4.37. The van der Waals surface area contributed by atoms with Gasteiger partial charge >= 0.3 is 0 Å². The molecule has 1 unspecified atom stereocenters. The summed E-state index contributed by atoms with van der Waals surface area (Å²) in [7, 11) is 0. The van der Waals surface area contributed by atoms with E-state index in [1.807, 2.05) is 35.2 Å². The molecule has 2 aromatic carbocycles. The van der Waals surface area contributed by atoms with E-state index in [-0.39, 0.29) is 5.91 Å². The minimum Gasteiger partial charge on any atom is -0.371 e. The van der Waals surface area contributed by atoms with Gasteiger partial charge in [0, 0.05) is 43.5 Å². The molecule has 0 bridgehead atoms. The molecular formula is C24H31N3O. The third kappa shape index (κ3) is 4.56. The molecule has 2 fully saturated rings. The van der Waals surface area contributed by atoms with E-state index in [2.05, 4.69) is 41.4 Å². The number of nitrogens with zero attached hydrogens (tertiary/aromatic N) is 2. The SMILES string of the molecule is Cc1ccc(N2CCC(CNC3CCN(C(=O)c4ccccc4)CC3)C2)cc1. The van der Waals surface area contributed by atoms with Crippen LogP contribution in [0, 0.1) is 12.8 Å². The average molecular weight is 378 g/mol. The van der Waals surface area contributed by atoms with Crippen LogP contribution in [0.4, 0.5) is 5.69 Å².